The summed E-state index contributed by atoms with van der Waals surface area (Å²) >= 11 is 0. The van der Waals surface area contributed by atoms with Gasteiger partial charge in [0.15, 0.2) is 0 Å². The van der Waals surface area contributed by atoms with Gasteiger partial charge in [-0.25, -0.2) is 0 Å². The highest BCUT2D eigenvalue weighted by molar-refractivity contribution is 6.98. The molecule has 2 aromatic heterocycles. The standard InChI is InChI=1S/C60H38BN3O2/c1-6-18-39(19-7-1)40-36-54-56-55(37-40)66-60-51(61(56)50-34-32-48-46-28-16-17-29-52(46)63(57(48)59(50)65-54)43-24-12-4-13-25-43)35-33-49-47-31-30-45(38-53(47)64(58(49)60)44-26-14-5-15-27-44)62(41-20-8-2-9-21-41)42-22-10-3-11-23-42/h1-38H. The first kappa shape index (κ1) is 36.7. The summed E-state index contributed by atoms with van der Waals surface area (Å²) in [5.74, 6) is 3.32. The van der Waals surface area contributed by atoms with Crippen LogP contribution in [-0.2, 0) is 0 Å². The van der Waals surface area contributed by atoms with Crippen LogP contribution >= 0.6 is 0 Å². The van der Waals surface area contributed by atoms with Gasteiger partial charge in [-0.05, 0) is 101 Å². The van der Waals surface area contributed by atoms with Crippen LogP contribution in [0.1, 0.15) is 0 Å². The predicted molar refractivity (Wildman–Crippen MR) is 273 cm³/mol. The molecule has 0 radical (unpaired) electrons. The van der Waals surface area contributed by atoms with Crippen molar-refractivity contribution in [3.05, 3.63) is 231 Å². The van der Waals surface area contributed by atoms with Crippen molar-refractivity contribution in [2.45, 2.75) is 0 Å². The average molecular weight is 844 g/mol. The van der Waals surface area contributed by atoms with Crippen molar-refractivity contribution in [1.82, 2.24) is 9.13 Å². The Morgan fingerprint density at radius 3 is 1.36 bits per heavy atom. The fourth-order valence-electron chi connectivity index (χ4n) is 10.8. The van der Waals surface area contributed by atoms with Gasteiger partial charge in [-0.15, -0.1) is 0 Å². The third-order valence-electron chi connectivity index (χ3n) is 13.6. The Hall–Kier alpha value is -8.74. The normalized spacial score (nSPS) is 12.5. The number of fused-ring (bicyclic) bond motifs is 12. The molecule has 308 valence electrons. The molecule has 0 atom stereocenters. The fourth-order valence-corrected chi connectivity index (χ4v) is 10.8. The molecule has 0 saturated carbocycles. The second-order valence-electron chi connectivity index (χ2n) is 17.2. The maximum atomic E-state index is 7.43. The van der Waals surface area contributed by atoms with E-state index in [9.17, 15) is 0 Å². The average Bonchev–Trinajstić information content (AvgIpc) is 3.91. The minimum atomic E-state index is -0.173. The molecule has 2 aliphatic heterocycles. The molecule has 0 aliphatic carbocycles. The van der Waals surface area contributed by atoms with Crippen molar-refractivity contribution in [3.8, 4) is 45.5 Å². The van der Waals surface area contributed by atoms with E-state index in [2.05, 4.69) is 245 Å². The molecule has 14 rings (SSSR count). The highest BCUT2D eigenvalue weighted by Crippen LogP contribution is 2.47. The molecule has 0 saturated heterocycles. The SMILES string of the molecule is c1ccc(-c2cc3c4c(c2)Oc2c(ccc5c6ccc(N(c7ccccc7)c7ccccc7)cc6n(-c6ccccc6)c25)B4c2ccc4c5ccccc5n(-c5ccccc5)c4c2O3)cc1. The molecule has 0 N–H and O–H groups in total. The van der Waals surface area contributed by atoms with Crippen molar-refractivity contribution in [2.24, 2.45) is 0 Å². The molecule has 0 amide bonds. The number of benzene rings is 10. The molecule has 0 bridgehead atoms. The van der Waals surface area contributed by atoms with E-state index in [4.69, 9.17) is 9.47 Å². The van der Waals surface area contributed by atoms with E-state index < -0.39 is 0 Å². The summed E-state index contributed by atoms with van der Waals surface area (Å²) in [6, 6.07) is 82.3. The van der Waals surface area contributed by atoms with Crippen molar-refractivity contribution in [1.29, 1.82) is 0 Å². The molecule has 4 heterocycles. The zero-order chi connectivity index (χ0) is 43.3. The van der Waals surface area contributed by atoms with Crippen LogP contribution in [0, 0.1) is 0 Å². The minimum absolute atomic E-state index is 0.173. The molecule has 6 heteroatoms. The summed E-state index contributed by atoms with van der Waals surface area (Å²) in [6.45, 7) is -0.173. The lowest BCUT2D eigenvalue weighted by molar-refractivity contribution is 0.468. The lowest BCUT2D eigenvalue weighted by atomic mass is 9.34. The summed E-state index contributed by atoms with van der Waals surface area (Å²) < 4.78 is 19.5. The van der Waals surface area contributed by atoms with Crippen LogP contribution in [0.15, 0.2) is 231 Å². The lowest BCUT2D eigenvalue weighted by Gasteiger charge is -2.34. The Balaban J connectivity index is 1.07. The van der Waals surface area contributed by atoms with Gasteiger partial charge in [0.25, 0.3) is 6.71 Å². The maximum Gasteiger partial charge on any atom is 0.260 e. The Morgan fingerprint density at radius 2 is 0.803 bits per heavy atom. The smallest absolute Gasteiger partial charge is 0.260 e. The maximum absolute atomic E-state index is 7.43. The Bertz CT molecular complexity index is 3830. The van der Waals surface area contributed by atoms with Crippen molar-refractivity contribution < 1.29 is 9.47 Å². The Kier molecular flexibility index (Phi) is 8.01. The van der Waals surface area contributed by atoms with Crippen LogP contribution in [0.4, 0.5) is 17.1 Å². The van der Waals surface area contributed by atoms with E-state index in [0.717, 1.165) is 117 Å². The van der Waals surface area contributed by atoms with Gasteiger partial charge in [0.1, 0.15) is 23.0 Å². The number of anilines is 3. The molecule has 10 aromatic carbocycles. The zero-order valence-corrected chi connectivity index (χ0v) is 35.7. The van der Waals surface area contributed by atoms with Crippen molar-refractivity contribution in [3.63, 3.8) is 0 Å². The van der Waals surface area contributed by atoms with Gasteiger partial charge in [-0.1, -0.05) is 152 Å². The summed E-state index contributed by atoms with van der Waals surface area (Å²) in [6.07, 6.45) is 0. The predicted octanol–water partition coefficient (Wildman–Crippen LogP) is 13.7. The molecule has 0 fully saturated rings. The Labute approximate surface area is 381 Å². The van der Waals surface area contributed by atoms with Gasteiger partial charge in [-0.3, -0.25) is 0 Å². The number of aromatic nitrogens is 2. The quantitative estimate of drug-likeness (QED) is 0.156. The van der Waals surface area contributed by atoms with Gasteiger partial charge in [-0.2, -0.15) is 0 Å². The molecule has 66 heavy (non-hydrogen) atoms. The third-order valence-corrected chi connectivity index (χ3v) is 13.6. The van der Waals surface area contributed by atoms with Crippen LogP contribution in [0.2, 0.25) is 0 Å². The molecule has 12 aromatic rings. The number of para-hydroxylation sites is 5. The van der Waals surface area contributed by atoms with Crippen LogP contribution in [-0.4, -0.2) is 15.8 Å². The number of rotatable bonds is 6. The van der Waals surface area contributed by atoms with Gasteiger partial charge in [0.2, 0.25) is 0 Å². The molecular formula is C60H38BN3O2. The largest absolute Gasteiger partial charge is 0.456 e. The van der Waals surface area contributed by atoms with E-state index in [1.54, 1.807) is 0 Å². The highest BCUT2D eigenvalue weighted by atomic mass is 16.5. The van der Waals surface area contributed by atoms with Crippen LogP contribution in [0.3, 0.4) is 0 Å². The van der Waals surface area contributed by atoms with Crippen LogP contribution < -0.4 is 30.8 Å². The zero-order valence-electron chi connectivity index (χ0n) is 35.7. The first-order chi connectivity index (χ1) is 32.8. The Morgan fingerprint density at radius 1 is 0.348 bits per heavy atom. The van der Waals surface area contributed by atoms with Gasteiger partial charge in [0, 0.05) is 55.4 Å². The van der Waals surface area contributed by atoms with Gasteiger partial charge < -0.3 is 23.5 Å². The van der Waals surface area contributed by atoms with Crippen molar-refractivity contribution >= 4 is 83.8 Å². The van der Waals surface area contributed by atoms with Gasteiger partial charge >= 0.3 is 0 Å². The van der Waals surface area contributed by atoms with E-state index in [-0.39, 0.29) is 6.71 Å². The summed E-state index contributed by atoms with van der Waals surface area (Å²) in [5, 5.41) is 4.61. The molecular weight excluding hydrogens is 805 g/mol. The van der Waals surface area contributed by atoms with E-state index >= 15 is 0 Å². The van der Waals surface area contributed by atoms with Crippen LogP contribution in [0.25, 0.3) is 66.1 Å². The van der Waals surface area contributed by atoms with E-state index in [1.807, 2.05) is 0 Å². The second kappa shape index (κ2) is 14.4. The number of ether oxygens (including phenoxy) is 2. The fraction of sp³-hybridized carbons (Fsp3) is 0. The summed E-state index contributed by atoms with van der Waals surface area (Å²) in [5.41, 5.74) is 15.1. The topological polar surface area (TPSA) is 31.6 Å². The molecule has 0 unspecified atom stereocenters. The molecule has 0 spiro atoms. The highest BCUT2D eigenvalue weighted by Gasteiger charge is 2.43. The van der Waals surface area contributed by atoms with E-state index in [0.29, 0.717) is 0 Å². The number of nitrogens with zero attached hydrogens (tertiary/aromatic N) is 3. The number of hydrogen-bond donors (Lipinski definition) is 0. The molecule has 5 nitrogen and oxygen atoms in total. The first-order valence-electron chi connectivity index (χ1n) is 22.5. The number of hydrogen-bond acceptors (Lipinski definition) is 3. The monoisotopic (exact) mass is 843 g/mol. The lowest BCUT2D eigenvalue weighted by Crippen LogP contribution is -2.57. The minimum Gasteiger partial charge on any atom is -0.456 e. The summed E-state index contributed by atoms with van der Waals surface area (Å²) in [7, 11) is 0. The van der Waals surface area contributed by atoms with E-state index in [1.165, 1.54) is 5.39 Å². The van der Waals surface area contributed by atoms with Gasteiger partial charge in [0.05, 0.1) is 22.1 Å². The second-order valence-corrected chi connectivity index (χ2v) is 17.2. The van der Waals surface area contributed by atoms with Crippen molar-refractivity contribution in [2.75, 3.05) is 4.90 Å². The first-order valence-corrected chi connectivity index (χ1v) is 22.5. The van der Waals surface area contributed by atoms with Crippen LogP contribution in [0.5, 0.6) is 23.0 Å². The summed E-state index contributed by atoms with van der Waals surface area (Å²) in [4.78, 5) is 2.33. The third kappa shape index (κ3) is 5.42. The molecule has 2 aliphatic rings.